The first kappa shape index (κ1) is 13.1. The number of anilines is 1. The van der Waals surface area contributed by atoms with Crippen LogP contribution in [0.4, 0.5) is 10.5 Å². The molecule has 1 N–H and O–H groups in total. The number of hydrogen-bond donors (Lipinski definition) is 1. The van der Waals surface area contributed by atoms with Gasteiger partial charge in [0.2, 0.25) is 0 Å². The predicted octanol–water partition coefficient (Wildman–Crippen LogP) is 3.43. The molecule has 0 fully saturated rings. The maximum absolute atomic E-state index is 12.2. The number of pyridine rings is 1. The molecule has 0 saturated carbocycles. The van der Waals surface area contributed by atoms with E-state index in [0.29, 0.717) is 6.54 Å². The van der Waals surface area contributed by atoms with Crippen LogP contribution in [0, 0.1) is 0 Å². The standard InChI is InChI=1S/C15H14BrN3O/c16-14-3-1-2-11-10-19(9-6-13(11)14)15(20)18-12-4-7-17-8-5-12/h1-5,7-8H,6,9-10H2,(H,17,18,20). The Bertz CT molecular complexity index is 630. The van der Waals surface area contributed by atoms with Crippen molar-refractivity contribution in [2.45, 2.75) is 13.0 Å². The van der Waals surface area contributed by atoms with E-state index in [4.69, 9.17) is 0 Å². The van der Waals surface area contributed by atoms with Crippen LogP contribution in [0.3, 0.4) is 0 Å². The molecule has 3 rings (SSSR count). The molecule has 0 bridgehead atoms. The Labute approximate surface area is 126 Å². The van der Waals surface area contributed by atoms with E-state index in [-0.39, 0.29) is 6.03 Å². The molecule has 1 aromatic carbocycles. The fraction of sp³-hybridized carbons (Fsp3) is 0.200. The average molecular weight is 332 g/mol. The molecule has 0 atom stereocenters. The van der Waals surface area contributed by atoms with Gasteiger partial charge in [-0.3, -0.25) is 4.98 Å². The maximum atomic E-state index is 12.2. The molecule has 102 valence electrons. The molecule has 1 aliphatic rings. The van der Waals surface area contributed by atoms with E-state index in [1.165, 1.54) is 11.1 Å². The number of fused-ring (bicyclic) bond motifs is 1. The van der Waals surface area contributed by atoms with Gasteiger partial charge < -0.3 is 10.2 Å². The van der Waals surface area contributed by atoms with E-state index < -0.39 is 0 Å². The van der Waals surface area contributed by atoms with Gasteiger partial charge in [0.05, 0.1) is 0 Å². The number of carbonyl (C=O) groups is 1. The molecule has 4 nitrogen and oxygen atoms in total. The van der Waals surface area contributed by atoms with Gasteiger partial charge in [-0.1, -0.05) is 28.1 Å². The summed E-state index contributed by atoms with van der Waals surface area (Å²) in [5, 5.41) is 2.89. The number of benzene rings is 1. The van der Waals surface area contributed by atoms with Gasteiger partial charge in [-0.2, -0.15) is 0 Å². The Hall–Kier alpha value is -1.88. The molecule has 0 spiro atoms. The Morgan fingerprint density at radius 2 is 2.05 bits per heavy atom. The van der Waals surface area contributed by atoms with Crippen LogP contribution < -0.4 is 5.32 Å². The zero-order valence-corrected chi connectivity index (χ0v) is 12.4. The lowest BCUT2D eigenvalue weighted by Crippen LogP contribution is -2.38. The van der Waals surface area contributed by atoms with Gasteiger partial charge in [0.1, 0.15) is 0 Å². The van der Waals surface area contributed by atoms with Crippen molar-refractivity contribution < 1.29 is 4.79 Å². The lowest BCUT2D eigenvalue weighted by Gasteiger charge is -2.29. The summed E-state index contributed by atoms with van der Waals surface area (Å²) in [4.78, 5) is 18.0. The minimum atomic E-state index is -0.0678. The van der Waals surface area contributed by atoms with Gasteiger partial charge in [-0.05, 0) is 35.7 Å². The summed E-state index contributed by atoms with van der Waals surface area (Å²) in [7, 11) is 0. The molecular formula is C15H14BrN3O. The van der Waals surface area contributed by atoms with Crippen LogP contribution in [0.15, 0.2) is 47.2 Å². The quantitative estimate of drug-likeness (QED) is 0.870. The Morgan fingerprint density at radius 1 is 1.25 bits per heavy atom. The summed E-state index contributed by atoms with van der Waals surface area (Å²) in [5.74, 6) is 0. The largest absolute Gasteiger partial charge is 0.322 e. The second-order valence-corrected chi connectivity index (χ2v) is 5.57. The highest BCUT2D eigenvalue weighted by atomic mass is 79.9. The Balaban J connectivity index is 1.72. The van der Waals surface area contributed by atoms with Crippen molar-refractivity contribution in [3.05, 3.63) is 58.3 Å². The zero-order chi connectivity index (χ0) is 13.9. The number of amides is 2. The number of halogens is 1. The summed E-state index contributed by atoms with van der Waals surface area (Å²) >= 11 is 3.57. The van der Waals surface area contributed by atoms with E-state index in [1.807, 2.05) is 17.0 Å². The van der Waals surface area contributed by atoms with Crippen LogP contribution in [-0.2, 0) is 13.0 Å². The van der Waals surface area contributed by atoms with E-state index >= 15 is 0 Å². The van der Waals surface area contributed by atoms with Gasteiger partial charge in [-0.25, -0.2) is 4.79 Å². The number of urea groups is 1. The SMILES string of the molecule is O=C(Nc1ccncc1)N1CCc2c(Br)cccc2C1. The van der Waals surface area contributed by atoms with Gasteiger partial charge >= 0.3 is 6.03 Å². The number of rotatable bonds is 1. The summed E-state index contributed by atoms with van der Waals surface area (Å²) < 4.78 is 1.13. The molecular weight excluding hydrogens is 318 g/mol. The van der Waals surface area contributed by atoms with Gasteiger partial charge in [0, 0.05) is 35.6 Å². The number of aromatic nitrogens is 1. The highest BCUT2D eigenvalue weighted by Crippen LogP contribution is 2.26. The monoisotopic (exact) mass is 331 g/mol. The Morgan fingerprint density at radius 3 is 2.85 bits per heavy atom. The van der Waals surface area contributed by atoms with E-state index in [9.17, 15) is 4.79 Å². The second-order valence-electron chi connectivity index (χ2n) is 4.72. The van der Waals surface area contributed by atoms with Crippen molar-refractivity contribution >= 4 is 27.6 Å². The summed E-state index contributed by atoms with van der Waals surface area (Å²) in [6.07, 6.45) is 4.21. The molecule has 2 heterocycles. The molecule has 0 aliphatic carbocycles. The highest BCUT2D eigenvalue weighted by Gasteiger charge is 2.21. The second kappa shape index (κ2) is 5.63. The normalized spacial score (nSPS) is 13.8. The molecule has 1 aromatic heterocycles. The minimum Gasteiger partial charge on any atom is -0.320 e. The van der Waals surface area contributed by atoms with Crippen molar-refractivity contribution in [1.82, 2.24) is 9.88 Å². The van der Waals surface area contributed by atoms with E-state index in [0.717, 1.165) is 23.1 Å². The molecule has 1 aliphatic heterocycles. The number of nitrogens with zero attached hydrogens (tertiary/aromatic N) is 2. The van der Waals surface area contributed by atoms with E-state index in [2.05, 4.69) is 32.3 Å². The number of nitrogens with one attached hydrogen (secondary N) is 1. The molecule has 0 unspecified atom stereocenters. The van der Waals surface area contributed by atoms with Crippen LogP contribution in [0.2, 0.25) is 0 Å². The average Bonchev–Trinajstić information content (AvgIpc) is 2.48. The first-order valence-corrected chi connectivity index (χ1v) is 7.25. The van der Waals surface area contributed by atoms with Gasteiger partial charge in [0.25, 0.3) is 0 Å². The summed E-state index contributed by atoms with van der Waals surface area (Å²) in [5.41, 5.74) is 3.28. The molecule has 2 amide bonds. The minimum absolute atomic E-state index is 0.0678. The van der Waals surface area contributed by atoms with E-state index in [1.54, 1.807) is 24.5 Å². The highest BCUT2D eigenvalue weighted by molar-refractivity contribution is 9.10. The fourth-order valence-corrected chi connectivity index (χ4v) is 2.98. The lowest BCUT2D eigenvalue weighted by molar-refractivity contribution is 0.206. The maximum Gasteiger partial charge on any atom is 0.322 e. The fourth-order valence-electron chi connectivity index (χ4n) is 2.37. The first-order chi connectivity index (χ1) is 9.74. The van der Waals surface area contributed by atoms with Crippen molar-refractivity contribution in [3.8, 4) is 0 Å². The molecule has 2 aromatic rings. The van der Waals surface area contributed by atoms with Crippen LogP contribution in [0.25, 0.3) is 0 Å². The van der Waals surface area contributed by atoms with Crippen LogP contribution in [-0.4, -0.2) is 22.5 Å². The molecule has 0 radical (unpaired) electrons. The first-order valence-electron chi connectivity index (χ1n) is 6.46. The van der Waals surface area contributed by atoms with Crippen LogP contribution >= 0.6 is 15.9 Å². The number of carbonyl (C=O) groups excluding carboxylic acids is 1. The van der Waals surface area contributed by atoms with Crippen molar-refractivity contribution in [2.24, 2.45) is 0 Å². The van der Waals surface area contributed by atoms with Crippen molar-refractivity contribution in [2.75, 3.05) is 11.9 Å². The third-order valence-corrected chi connectivity index (χ3v) is 4.17. The van der Waals surface area contributed by atoms with Crippen molar-refractivity contribution in [1.29, 1.82) is 0 Å². The Kier molecular flexibility index (Phi) is 3.69. The molecule has 5 heteroatoms. The summed E-state index contributed by atoms with van der Waals surface area (Å²) in [6.45, 7) is 1.37. The topological polar surface area (TPSA) is 45.2 Å². The predicted molar refractivity (Wildman–Crippen MR) is 81.5 cm³/mol. The molecule has 20 heavy (non-hydrogen) atoms. The van der Waals surface area contributed by atoms with Gasteiger partial charge in [-0.15, -0.1) is 0 Å². The summed E-state index contributed by atoms with van der Waals surface area (Å²) in [6, 6.07) is 9.63. The third-order valence-electron chi connectivity index (χ3n) is 3.43. The zero-order valence-electron chi connectivity index (χ0n) is 10.8. The smallest absolute Gasteiger partial charge is 0.320 e. The van der Waals surface area contributed by atoms with Gasteiger partial charge in [0.15, 0.2) is 0 Å². The molecule has 0 saturated heterocycles. The lowest BCUT2D eigenvalue weighted by atomic mass is 10.0. The van der Waals surface area contributed by atoms with Crippen molar-refractivity contribution in [3.63, 3.8) is 0 Å². The van der Waals surface area contributed by atoms with Crippen LogP contribution in [0.5, 0.6) is 0 Å². The number of hydrogen-bond acceptors (Lipinski definition) is 2. The van der Waals surface area contributed by atoms with Crippen LogP contribution in [0.1, 0.15) is 11.1 Å². The third kappa shape index (κ3) is 2.67.